The van der Waals surface area contributed by atoms with Crippen LogP contribution in [0.4, 0.5) is 0 Å². The van der Waals surface area contributed by atoms with E-state index in [0.717, 1.165) is 0 Å². The quantitative estimate of drug-likeness (QED) is 0.722. The molecule has 0 unspecified atom stereocenters. The Balaban J connectivity index is 2.48. The van der Waals surface area contributed by atoms with Crippen LogP contribution in [-0.4, -0.2) is 23.6 Å². The number of nitrogens with zero attached hydrogens (tertiary/aromatic N) is 1. The summed E-state index contributed by atoms with van der Waals surface area (Å²) in [5.74, 6) is 0.374. The Kier molecular flexibility index (Phi) is 3.24. The van der Waals surface area contributed by atoms with Gasteiger partial charge < -0.3 is 9.15 Å². The van der Waals surface area contributed by atoms with Gasteiger partial charge in [0.1, 0.15) is 11.3 Å². The largest absolute Gasteiger partial charge is 0.468 e. The molecule has 0 aliphatic carbocycles. The van der Waals surface area contributed by atoms with E-state index in [1.807, 2.05) is 0 Å². The van der Waals surface area contributed by atoms with Gasteiger partial charge in [-0.05, 0) is 13.8 Å². The van der Waals surface area contributed by atoms with Crippen molar-refractivity contribution in [3.8, 4) is 0 Å². The predicted molar refractivity (Wildman–Crippen MR) is 49.4 cm³/mol. The topological polar surface area (TPSA) is 64.4 Å². The second kappa shape index (κ2) is 4.23. The molecule has 1 rings (SSSR count). The van der Waals surface area contributed by atoms with Crippen LogP contribution in [-0.2, 0) is 16.1 Å². The highest BCUT2D eigenvalue weighted by Gasteiger charge is 2.27. The third-order valence-electron chi connectivity index (χ3n) is 1.88. The zero-order valence-corrected chi connectivity index (χ0v) is 8.53. The Morgan fingerprint density at radius 2 is 2.43 bits per heavy atom. The fourth-order valence-corrected chi connectivity index (χ4v) is 0.965. The van der Waals surface area contributed by atoms with Gasteiger partial charge in [-0.15, -0.1) is 0 Å². The van der Waals surface area contributed by atoms with Crippen molar-refractivity contribution < 1.29 is 13.9 Å². The molecule has 0 aliphatic rings. The summed E-state index contributed by atoms with van der Waals surface area (Å²) in [4.78, 5) is 15.0. The van der Waals surface area contributed by atoms with Crippen LogP contribution >= 0.6 is 0 Å². The van der Waals surface area contributed by atoms with E-state index in [1.54, 1.807) is 20.0 Å². The fourth-order valence-electron chi connectivity index (χ4n) is 0.965. The van der Waals surface area contributed by atoms with Crippen molar-refractivity contribution in [1.82, 2.24) is 10.3 Å². The van der Waals surface area contributed by atoms with Crippen molar-refractivity contribution in [2.45, 2.75) is 25.9 Å². The first kappa shape index (κ1) is 10.7. The number of carbonyl (C=O) groups is 1. The molecular formula is C9H14N2O3. The minimum absolute atomic E-state index is 0.308. The smallest absolute Gasteiger partial charge is 0.325 e. The van der Waals surface area contributed by atoms with E-state index in [-0.39, 0.29) is 5.97 Å². The Hall–Kier alpha value is -1.36. The molecule has 0 aromatic carbocycles. The Labute approximate surface area is 82.5 Å². The standard InChI is InChI=1S/C9H14N2O3/c1-9(2,8(12)13-3)11-5-7-4-10-6-14-7/h4,6,11H,5H2,1-3H3. The van der Waals surface area contributed by atoms with Crippen LogP contribution in [0.15, 0.2) is 17.0 Å². The van der Waals surface area contributed by atoms with E-state index >= 15 is 0 Å². The number of hydrogen-bond acceptors (Lipinski definition) is 5. The molecule has 0 aliphatic heterocycles. The lowest BCUT2D eigenvalue weighted by Gasteiger charge is -2.22. The van der Waals surface area contributed by atoms with Gasteiger partial charge in [-0.25, -0.2) is 4.98 Å². The molecule has 1 aromatic heterocycles. The maximum atomic E-state index is 11.3. The van der Waals surface area contributed by atoms with Crippen LogP contribution in [0.3, 0.4) is 0 Å². The second-order valence-electron chi connectivity index (χ2n) is 3.44. The van der Waals surface area contributed by atoms with Crippen LogP contribution in [0.1, 0.15) is 19.6 Å². The van der Waals surface area contributed by atoms with Gasteiger partial charge in [-0.3, -0.25) is 10.1 Å². The first-order chi connectivity index (χ1) is 6.56. The molecule has 0 spiro atoms. The molecule has 5 nitrogen and oxygen atoms in total. The summed E-state index contributed by atoms with van der Waals surface area (Å²) in [6.07, 6.45) is 2.95. The van der Waals surface area contributed by atoms with Gasteiger partial charge in [0.25, 0.3) is 0 Å². The molecule has 1 aromatic rings. The molecule has 0 amide bonds. The number of aromatic nitrogens is 1. The van der Waals surface area contributed by atoms with Gasteiger partial charge in [0.2, 0.25) is 0 Å². The van der Waals surface area contributed by atoms with Gasteiger partial charge in [0.15, 0.2) is 6.39 Å². The van der Waals surface area contributed by atoms with Crippen molar-refractivity contribution in [3.63, 3.8) is 0 Å². The Morgan fingerprint density at radius 3 is 2.93 bits per heavy atom. The highest BCUT2D eigenvalue weighted by molar-refractivity contribution is 5.79. The molecule has 0 saturated heterocycles. The zero-order chi connectivity index (χ0) is 10.6. The second-order valence-corrected chi connectivity index (χ2v) is 3.44. The van der Waals surface area contributed by atoms with Crippen LogP contribution in [0.2, 0.25) is 0 Å². The van der Waals surface area contributed by atoms with Crippen molar-refractivity contribution in [3.05, 3.63) is 18.4 Å². The molecule has 0 atom stereocenters. The molecule has 0 fully saturated rings. The molecule has 0 saturated carbocycles. The fraction of sp³-hybridized carbons (Fsp3) is 0.556. The van der Waals surface area contributed by atoms with Gasteiger partial charge in [-0.2, -0.15) is 0 Å². The molecular weight excluding hydrogens is 184 g/mol. The summed E-state index contributed by atoms with van der Waals surface area (Å²) in [5.41, 5.74) is -0.721. The van der Waals surface area contributed by atoms with Gasteiger partial charge in [0.05, 0.1) is 19.9 Å². The average molecular weight is 198 g/mol. The van der Waals surface area contributed by atoms with E-state index in [0.29, 0.717) is 12.3 Å². The van der Waals surface area contributed by atoms with E-state index in [4.69, 9.17) is 4.42 Å². The van der Waals surface area contributed by atoms with Gasteiger partial charge in [-0.1, -0.05) is 0 Å². The summed E-state index contributed by atoms with van der Waals surface area (Å²) in [5, 5.41) is 3.00. The number of hydrogen-bond donors (Lipinski definition) is 1. The summed E-state index contributed by atoms with van der Waals surface area (Å²) in [7, 11) is 1.36. The number of ether oxygens (including phenoxy) is 1. The normalized spacial score (nSPS) is 11.4. The average Bonchev–Trinajstić information content (AvgIpc) is 2.66. The maximum absolute atomic E-state index is 11.3. The van der Waals surface area contributed by atoms with Gasteiger partial charge >= 0.3 is 5.97 Å². The highest BCUT2D eigenvalue weighted by atomic mass is 16.5. The number of nitrogens with one attached hydrogen (secondary N) is 1. The molecule has 1 heterocycles. The molecule has 14 heavy (non-hydrogen) atoms. The van der Waals surface area contributed by atoms with Crippen molar-refractivity contribution in [2.24, 2.45) is 0 Å². The summed E-state index contributed by atoms with van der Waals surface area (Å²) < 4.78 is 9.65. The number of methoxy groups -OCH3 is 1. The third kappa shape index (κ3) is 2.56. The minimum atomic E-state index is -0.721. The van der Waals surface area contributed by atoms with Crippen LogP contribution < -0.4 is 5.32 Å². The van der Waals surface area contributed by atoms with Crippen molar-refractivity contribution >= 4 is 5.97 Å². The lowest BCUT2D eigenvalue weighted by molar-refractivity contribution is -0.147. The molecule has 5 heteroatoms. The van der Waals surface area contributed by atoms with Crippen molar-refractivity contribution in [2.75, 3.05) is 7.11 Å². The number of carbonyl (C=O) groups excluding carboxylic acids is 1. The monoisotopic (exact) mass is 198 g/mol. The van der Waals surface area contributed by atoms with E-state index in [9.17, 15) is 4.79 Å². The Morgan fingerprint density at radius 1 is 1.71 bits per heavy atom. The number of oxazole rings is 1. The summed E-state index contributed by atoms with van der Waals surface area (Å²) in [6, 6.07) is 0. The molecule has 0 radical (unpaired) electrons. The third-order valence-corrected chi connectivity index (χ3v) is 1.88. The highest BCUT2D eigenvalue weighted by Crippen LogP contribution is 2.06. The maximum Gasteiger partial charge on any atom is 0.325 e. The minimum Gasteiger partial charge on any atom is -0.468 e. The summed E-state index contributed by atoms with van der Waals surface area (Å²) >= 11 is 0. The summed E-state index contributed by atoms with van der Waals surface area (Å²) in [6.45, 7) is 3.94. The van der Waals surface area contributed by atoms with E-state index in [2.05, 4.69) is 15.0 Å². The lowest BCUT2D eigenvalue weighted by atomic mass is 10.1. The van der Waals surface area contributed by atoms with Crippen LogP contribution in [0.5, 0.6) is 0 Å². The van der Waals surface area contributed by atoms with Crippen LogP contribution in [0.25, 0.3) is 0 Å². The number of esters is 1. The van der Waals surface area contributed by atoms with E-state index in [1.165, 1.54) is 13.5 Å². The molecule has 1 N–H and O–H groups in total. The lowest BCUT2D eigenvalue weighted by Crippen LogP contribution is -2.46. The van der Waals surface area contributed by atoms with Crippen LogP contribution in [0, 0.1) is 0 Å². The van der Waals surface area contributed by atoms with Crippen molar-refractivity contribution in [1.29, 1.82) is 0 Å². The Bertz CT molecular complexity index is 293. The van der Waals surface area contributed by atoms with E-state index < -0.39 is 5.54 Å². The SMILES string of the molecule is COC(=O)C(C)(C)NCc1cnco1. The van der Waals surface area contributed by atoms with Gasteiger partial charge in [0, 0.05) is 0 Å². The zero-order valence-electron chi connectivity index (χ0n) is 8.53. The first-order valence-corrected chi connectivity index (χ1v) is 4.27. The predicted octanol–water partition coefficient (Wildman–Crippen LogP) is 0.716. The molecule has 0 bridgehead atoms. The number of rotatable bonds is 4. The molecule has 78 valence electrons. The first-order valence-electron chi connectivity index (χ1n) is 4.27.